The van der Waals surface area contributed by atoms with Crippen LogP contribution in [0.2, 0.25) is 10.0 Å². The van der Waals surface area contributed by atoms with Crippen LogP contribution in [0.1, 0.15) is 23.7 Å². The fraction of sp³-hybridized carbons (Fsp3) is 0.353. The van der Waals surface area contributed by atoms with Crippen LogP contribution < -0.4 is 10.1 Å². The Balaban J connectivity index is 1.91. The van der Waals surface area contributed by atoms with E-state index in [1.165, 1.54) is 0 Å². The van der Waals surface area contributed by atoms with Gasteiger partial charge in [0.1, 0.15) is 11.9 Å². The predicted molar refractivity (Wildman–Crippen MR) is 89.8 cm³/mol. The highest BCUT2D eigenvalue weighted by Gasteiger charge is 2.29. The fourth-order valence-corrected chi connectivity index (χ4v) is 3.26. The zero-order chi connectivity index (χ0) is 15.5. The molecule has 0 amide bonds. The maximum Gasteiger partial charge on any atom is 0.138 e. The lowest BCUT2D eigenvalue weighted by Gasteiger charge is -2.25. The smallest absolute Gasteiger partial charge is 0.138 e. The molecular weight excluding hydrogens is 319 g/mol. The van der Waals surface area contributed by atoms with Crippen LogP contribution in [0.3, 0.4) is 0 Å². The van der Waals surface area contributed by atoms with E-state index in [-0.39, 0.29) is 6.10 Å². The lowest BCUT2D eigenvalue weighted by Crippen LogP contribution is -2.21. The van der Waals surface area contributed by atoms with Crippen molar-refractivity contribution in [1.82, 2.24) is 10.3 Å². The van der Waals surface area contributed by atoms with Crippen molar-refractivity contribution in [3.05, 3.63) is 57.8 Å². The largest absolute Gasteiger partial charge is 0.484 e. The van der Waals surface area contributed by atoms with Crippen molar-refractivity contribution >= 4 is 23.2 Å². The van der Waals surface area contributed by atoms with Gasteiger partial charge in [-0.25, -0.2) is 0 Å². The Morgan fingerprint density at radius 3 is 2.82 bits per heavy atom. The van der Waals surface area contributed by atoms with E-state index in [0.29, 0.717) is 21.7 Å². The third-order valence-electron chi connectivity index (χ3n) is 3.92. The zero-order valence-corrected chi connectivity index (χ0v) is 13.9. The van der Waals surface area contributed by atoms with Crippen molar-refractivity contribution in [1.29, 1.82) is 0 Å². The number of nitrogens with zero attached hydrogens (tertiary/aromatic N) is 1. The number of aryl methyl sites for hydroxylation is 1. The van der Waals surface area contributed by atoms with E-state index in [0.717, 1.165) is 30.6 Å². The molecule has 116 valence electrons. The average Bonchev–Trinajstić information content (AvgIpc) is 3.00. The Morgan fingerprint density at radius 2 is 2.14 bits per heavy atom. The minimum Gasteiger partial charge on any atom is -0.484 e. The molecule has 2 atom stereocenters. The zero-order valence-electron chi connectivity index (χ0n) is 12.4. The Bertz CT molecular complexity index is 657. The first-order valence-corrected chi connectivity index (χ1v) is 8.13. The SMILES string of the molecule is Cc1ccc(O[C@@H](c2cncc(Cl)c2)[C@H]2CCNC2)c(Cl)c1. The summed E-state index contributed by atoms with van der Waals surface area (Å²) >= 11 is 12.4. The third kappa shape index (κ3) is 3.54. The second kappa shape index (κ2) is 6.86. The Kier molecular flexibility index (Phi) is 4.87. The molecule has 3 nitrogen and oxygen atoms in total. The molecule has 3 rings (SSSR count). The van der Waals surface area contributed by atoms with Gasteiger partial charge in [-0.1, -0.05) is 29.3 Å². The van der Waals surface area contributed by atoms with Crippen LogP contribution in [0.25, 0.3) is 0 Å². The molecule has 2 aromatic rings. The third-order valence-corrected chi connectivity index (χ3v) is 4.42. The number of halogens is 2. The minimum atomic E-state index is -0.110. The van der Waals surface area contributed by atoms with Crippen molar-refractivity contribution < 1.29 is 4.74 Å². The fourth-order valence-electron chi connectivity index (χ4n) is 2.79. The molecule has 0 radical (unpaired) electrons. The van der Waals surface area contributed by atoms with Gasteiger partial charge in [0, 0.05) is 30.4 Å². The highest BCUT2D eigenvalue weighted by atomic mass is 35.5. The summed E-state index contributed by atoms with van der Waals surface area (Å²) in [6, 6.07) is 7.75. The number of hydrogen-bond acceptors (Lipinski definition) is 3. The second-order valence-corrected chi connectivity index (χ2v) is 6.51. The van der Waals surface area contributed by atoms with E-state index in [1.54, 1.807) is 6.20 Å². The summed E-state index contributed by atoms with van der Waals surface area (Å²) in [4.78, 5) is 4.19. The summed E-state index contributed by atoms with van der Waals surface area (Å²) in [5, 5.41) is 4.63. The van der Waals surface area contributed by atoms with Gasteiger partial charge in [0.25, 0.3) is 0 Å². The molecule has 1 N–H and O–H groups in total. The van der Waals surface area contributed by atoms with Crippen molar-refractivity contribution in [2.45, 2.75) is 19.4 Å². The molecule has 0 unspecified atom stereocenters. The molecule has 2 heterocycles. The van der Waals surface area contributed by atoms with E-state index >= 15 is 0 Å². The topological polar surface area (TPSA) is 34.1 Å². The van der Waals surface area contributed by atoms with Crippen molar-refractivity contribution in [3.63, 3.8) is 0 Å². The molecule has 1 aliphatic rings. The van der Waals surface area contributed by atoms with Crippen molar-refractivity contribution in [2.24, 2.45) is 5.92 Å². The minimum absolute atomic E-state index is 0.110. The molecule has 0 spiro atoms. The van der Waals surface area contributed by atoms with Crippen LogP contribution in [-0.2, 0) is 0 Å². The van der Waals surface area contributed by atoms with Gasteiger partial charge in [-0.2, -0.15) is 0 Å². The quantitative estimate of drug-likeness (QED) is 0.896. The van der Waals surface area contributed by atoms with Gasteiger partial charge >= 0.3 is 0 Å². The lowest BCUT2D eigenvalue weighted by atomic mass is 9.96. The van der Waals surface area contributed by atoms with E-state index in [1.807, 2.05) is 37.4 Å². The summed E-state index contributed by atoms with van der Waals surface area (Å²) in [6.45, 7) is 3.93. The number of nitrogens with one attached hydrogen (secondary N) is 1. The van der Waals surface area contributed by atoms with Gasteiger partial charge < -0.3 is 10.1 Å². The van der Waals surface area contributed by atoms with Crippen molar-refractivity contribution in [2.75, 3.05) is 13.1 Å². The van der Waals surface area contributed by atoms with E-state index in [2.05, 4.69) is 10.3 Å². The van der Waals surface area contributed by atoms with E-state index in [9.17, 15) is 0 Å². The Morgan fingerprint density at radius 1 is 1.27 bits per heavy atom. The molecule has 0 bridgehead atoms. The first-order valence-electron chi connectivity index (χ1n) is 7.37. The summed E-state index contributed by atoms with van der Waals surface area (Å²) < 4.78 is 6.25. The molecule has 1 aromatic heterocycles. The monoisotopic (exact) mass is 336 g/mol. The molecule has 1 fully saturated rings. The van der Waals surface area contributed by atoms with Gasteiger partial charge in [0.15, 0.2) is 0 Å². The number of ether oxygens (including phenoxy) is 1. The first kappa shape index (κ1) is 15.6. The summed E-state index contributed by atoms with van der Waals surface area (Å²) in [6.07, 6.45) is 4.40. The van der Waals surface area contributed by atoms with Gasteiger partial charge in [0.05, 0.1) is 10.0 Å². The van der Waals surface area contributed by atoms with Crippen molar-refractivity contribution in [3.8, 4) is 5.75 Å². The van der Waals surface area contributed by atoms with Crippen LogP contribution in [0.4, 0.5) is 0 Å². The standard InChI is InChI=1S/C17H18Cl2N2O/c1-11-2-3-16(15(19)6-11)22-17(12-4-5-20-8-12)13-7-14(18)10-21-9-13/h2-3,6-7,9-10,12,17,20H,4-5,8H2,1H3/t12-,17+/m0/s1. The molecule has 1 aromatic carbocycles. The molecule has 5 heteroatoms. The lowest BCUT2D eigenvalue weighted by molar-refractivity contribution is 0.144. The molecular formula is C17H18Cl2N2O. The number of aromatic nitrogens is 1. The summed E-state index contributed by atoms with van der Waals surface area (Å²) in [5.74, 6) is 1.07. The Labute approximate surface area is 140 Å². The van der Waals surface area contributed by atoms with E-state index in [4.69, 9.17) is 27.9 Å². The number of pyridine rings is 1. The number of rotatable bonds is 4. The molecule has 1 aliphatic heterocycles. The highest BCUT2D eigenvalue weighted by Crippen LogP contribution is 2.35. The second-order valence-electron chi connectivity index (χ2n) is 5.66. The first-order chi connectivity index (χ1) is 10.6. The van der Waals surface area contributed by atoms with Gasteiger partial charge in [-0.3, -0.25) is 4.98 Å². The van der Waals surface area contributed by atoms with Gasteiger partial charge in [0.2, 0.25) is 0 Å². The molecule has 22 heavy (non-hydrogen) atoms. The average molecular weight is 337 g/mol. The molecule has 0 aliphatic carbocycles. The number of benzene rings is 1. The Hall–Kier alpha value is -1.29. The van der Waals surface area contributed by atoms with Crippen LogP contribution in [0.5, 0.6) is 5.75 Å². The molecule has 0 saturated carbocycles. The van der Waals surface area contributed by atoms with Gasteiger partial charge in [-0.05, 0) is 43.7 Å². The van der Waals surface area contributed by atoms with E-state index < -0.39 is 0 Å². The van der Waals surface area contributed by atoms with Crippen LogP contribution >= 0.6 is 23.2 Å². The summed E-state index contributed by atoms with van der Waals surface area (Å²) in [5.41, 5.74) is 2.10. The maximum absolute atomic E-state index is 6.32. The normalized spacial score (nSPS) is 19.1. The predicted octanol–water partition coefficient (Wildman–Crippen LogP) is 4.43. The van der Waals surface area contributed by atoms with Gasteiger partial charge in [-0.15, -0.1) is 0 Å². The molecule has 1 saturated heterocycles. The highest BCUT2D eigenvalue weighted by molar-refractivity contribution is 6.32. The van der Waals surface area contributed by atoms with Crippen LogP contribution in [0, 0.1) is 12.8 Å². The number of hydrogen-bond donors (Lipinski definition) is 1. The van der Waals surface area contributed by atoms with Crippen LogP contribution in [0.15, 0.2) is 36.7 Å². The summed E-state index contributed by atoms with van der Waals surface area (Å²) in [7, 11) is 0. The van der Waals surface area contributed by atoms with Crippen LogP contribution in [-0.4, -0.2) is 18.1 Å². The maximum atomic E-state index is 6.32.